The van der Waals surface area contributed by atoms with Gasteiger partial charge in [-0.25, -0.2) is 0 Å². The van der Waals surface area contributed by atoms with Gasteiger partial charge in [-0.15, -0.1) is 23.7 Å². The summed E-state index contributed by atoms with van der Waals surface area (Å²) in [6, 6.07) is 11.8. The summed E-state index contributed by atoms with van der Waals surface area (Å²) in [6.07, 6.45) is 1.11. The molecule has 1 aliphatic rings. The molecule has 0 fully saturated rings. The molecule has 0 saturated carbocycles. The van der Waals surface area contributed by atoms with Crippen LogP contribution < -0.4 is 11.1 Å². The molecule has 4 nitrogen and oxygen atoms in total. The van der Waals surface area contributed by atoms with Crippen LogP contribution in [-0.4, -0.2) is 16.9 Å². The van der Waals surface area contributed by atoms with Crippen LogP contribution in [0.25, 0.3) is 10.2 Å². The summed E-state index contributed by atoms with van der Waals surface area (Å²) < 4.78 is 0.747. The van der Waals surface area contributed by atoms with Crippen molar-refractivity contribution in [3.05, 3.63) is 57.6 Å². The van der Waals surface area contributed by atoms with Gasteiger partial charge in [0.1, 0.15) is 4.83 Å². The summed E-state index contributed by atoms with van der Waals surface area (Å²) in [6.45, 7) is 0. The van der Waals surface area contributed by atoms with E-state index in [1.54, 1.807) is 0 Å². The molecular weight excluding hydrogens is 365 g/mol. The Morgan fingerprint density at radius 1 is 1.38 bits per heavy atom. The van der Waals surface area contributed by atoms with Gasteiger partial charge in [-0.3, -0.25) is 4.79 Å². The van der Waals surface area contributed by atoms with Gasteiger partial charge in [0.15, 0.2) is 0 Å². The Morgan fingerprint density at radius 2 is 2.17 bits per heavy atom. The van der Waals surface area contributed by atoms with Crippen LogP contribution in [0.4, 0.5) is 0 Å². The molecule has 4 N–H and O–H groups in total. The summed E-state index contributed by atoms with van der Waals surface area (Å²) >= 11 is 7.44. The standard InChI is InChI=1S/C17H16ClN3OS.ClH/c18-14-7-10-5-11(20-17(10)23-14)8-15(22)21-13-6-9-3-1-2-4-12(9)16(13)19;/h1-5,7,13,16,20H,6,8,19H2,(H,21,22);1H/t13-,16-;/m1./s1. The van der Waals surface area contributed by atoms with Crippen LogP contribution in [0.3, 0.4) is 0 Å². The molecule has 1 amide bonds. The van der Waals surface area contributed by atoms with Crippen molar-refractivity contribution in [2.24, 2.45) is 5.73 Å². The number of benzene rings is 1. The van der Waals surface area contributed by atoms with Crippen molar-refractivity contribution in [2.45, 2.75) is 24.9 Å². The third-order valence-corrected chi connectivity index (χ3v) is 5.51. The summed E-state index contributed by atoms with van der Waals surface area (Å²) in [5, 5.41) is 4.11. The second-order valence-corrected chi connectivity index (χ2v) is 7.59. The van der Waals surface area contributed by atoms with Crippen molar-refractivity contribution in [3.8, 4) is 0 Å². The number of carbonyl (C=O) groups is 1. The number of halogens is 2. The minimum Gasteiger partial charge on any atom is -0.351 e. The van der Waals surface area contributed by atoms with E-state index in [0.29, 0.717) is 6.42 Å². The highest BCUT2D eigenvalue weighted by atomic mass is 35.5. The van der Waals surface area contributed by atoms with E-state index < -0.39 is 0 Å². The highest BCUT2D eigenvalue weighted by Crippen LogP contribution is 2.30. The molecular formula is C17H17Cl2N3OS. The Balaban J connectivity index is 0.00000169. The summed E-state index contributed by atoms with van der Waals surface area (Å²) in [7, 11) is 0. The highest BCUT2D eigenvalue weighted by molar-refractivity contribution is 7.22. The Bertz CT molecular complexity index is 857. The molecule has 2 aromatic heterocycles. The second-order valence-electron chi connectivity index (χ2n) is 5.91. The monoisotopic (exact) mass is 381 g/mol. The van der Waals surface area contributed by atoms with Crippen molar-refractivity contribution in [2.75, 3.05) is 0 Å². The van der Waals surface area contributed by atoms with Crippen LogP contribution in [0.2, 0.25) is 4.34 Å². The Kier molecular flexibility index (Phi) is 4.88. The van der Waals surface area contributed by atoms with E-state index in [1.165, 1.54) is 16.9 Å². The number of aromatic nitrogens is 1. The van der Waals surface area contributed by atoms with Crippen LogP contribution in [0, 0.1) is 0 Å². The van der Waals surface area contributed by atoms with E-state index in [9.17, 15) is 4.79 Å². The third-order valence-electron chi connectivity index (χ3n) is 4.32. The predicted octanol–water partition coefficient (Wildman–Crippen LogP) is 3.59. The van der Waals surface area contributed by atoms with Gasteiger partial charge in [0.2, 0.25) is 5.91 Å². The van der Waals surface area contributed by atoms with Crippen molar-refractivity contribution in [1.29, 1.82) is 0 Å². The lowest BCUT2D eigenvalue weighted by Gasteiger charge is -2.17. The van der Waals surface area contributed by atoms with E-state index in [4.69, 9.17) is 17.3 Å². The average molecular weight is 382 g/mol. The van der Waals surface area contributed by atoms with Crippen molar-refractivity contribution >= 4 is 51.5 Å². The zero-order chi connectivity index (χ0) is 16.0. The number of aromatic amines is 1. The van der Waals surface area contributed by atoms with E-state index in [-0.39, 0.29) is 30.4 Å². The lowest BCUT2D eigenvalue weighted by Crippen LogP contribution is -2.41. The third kappa shape index (κ3) is 3.17. The number of nitrogens with one attached hydrogen (secondary N) is 2. The molecule has 24 heavy (non-hydrogen) atoms. The fourth-order valence-corrected chi connectivity index (χ4v) is 4.39. The predicted molar refractivity (Wildman–Crippen MR) is 101 cm³/mol. The van der Waals surface area contributed by atoms with Gasteiger partial charge in [0.05, 0.1) is 22.8 Å². The maximum atomic E-state index is 12.3. The first-order chi connectivity index (χ1) is 11.1. The summed E-state index contributed by atoms with van der Waals surface area (Å²) in [4.78, 5) is 16.6. The number of fused-ring (bicyclic) bond motifs is 2. The fourth-order valence-electron chi connectivity index (χ4n) is 3.24. The van der Waals surface area contributed by atoms with Crippen LogP contribution in [-0.2, 0) is 17.6 Å². The quantitative estimate of drug-likeness (QED) is 0.648. The number of hydrogen-bond donors (Lipinski definition) is 3. The van der Waals surface area contributed by atoms with Crippen molar-refractivity contribution < 1.29 is 4.79 Å². The van der Waals surface area contributed by atoms with Gasteiger partial charge in [-0.05, 0) is 29.7 Å². The number of hydrogen-bond acceptors (Lipinski definition) is 3. The van der Waals surface area contributed by atoms with Crippen molar-refractivity contribution in [1.82, 2.24) is 10.3 Å². The maximum Gasteiger partial charge on any atom is 0.226 e. The molecule has 2 atom stereocenters. The summed E-state index contributed by atoms with van der Waals surface area (Å²) in [5.41, 5.74) is 9.51. The molecule has 126 valence electrons. The number of H-pyrrole nitrogens is 1. The van der Waals surface area contributed by atoms with Crippen LogP contribution >= 0.6 is 35.3 Å². The number of rotatable bonds is 3. The molecule has 0 radical (unpaired) electrons. The second kappa shape index (κ2) is 6.76. The molecule has 1 aromatic carbocycles. The smallest absolute Gasteiger partial charge is 0.226 e. The topological polar surface area (TPSA) is 70.9 Å². The van der Waals surface area contributed by atoms with Gasteiger partial charge in [-0.2, -0.15) is 0 Å². The van der Waals surface area contributed by atoms with Crippen LogP contribution in [0.15, 0.2) is 36.4 Å². The van der Waals surface area contributed by atoms with E-state index >= 15 is 0 Å². The van der Waals surface area contributed by atoms with Gasteiger partial charge in [0.25, 0.3) is 0 Å². The first-order valence-corrected chi connectivity index (χ1v) is 8.69. The SMILES string of the molecule is Cl.N[C@@H]1c2ccccc2C[C@H]1NC(=O)Cc1cc2cc(Cl)sc2[nH]1. The van der Waals surface area contributed by atoms with Gasteiger partial charge >= 0.3 is 0 Å². The van der Waals surface area contributed by atoms with Crippen LogP contribution in [0.1, 0.15) is 22.9 Å². The van der Waals surface area contributed by atoms with Gasteiger partial charge in [-0.1, -0.05) is 35.9 Å². The Labute approximate surface area is 154 Å². The van der Waals surface area contributed by atoms with Gasteiger partial charge in [0, 0.05) is 11.1 Å². The zero-order valence-corrected chi connectivity index (χ0v) is 15.1. The molecule has 2 heterocycles. The average Bonchev–Trinajstić information content (AvgIpc) is 3.11. The first-order valence-electron chi connectivity index (χ1n) is 7.50. The number of carbonyl (C=O) groups excluding carboxylic acids is 1. The molecule has 0 unspecified atom stereocenters. The minimum absolute atomic E-state index is 0. The lowest BCUT2D eigenvalue weighted by atomic mass is 10.1. The van der Waals surface area contributed by atoms with Crippen LogP contribution in [0.5, 0.6) is 0 Å². The largest absolute Gasteiger partial charge is 0.351 e. The minimum atomic E-state index is -0.138. The lowest BCUT2D eigenvalue weighted by molar-refractivity contribution is -0.121. The molecule has 0 aliphatic heterocycles. The number of nitrogens with two attached hydrogens (primary N) is 1. The molecule has 4 rings (SSSR count). The molecule has 0 saturated heterocycles. The summed E-state index contributed by atoms with van der Waals surface area (Å²) in [5.74, 6) is -0.0155. The maximum absolute atomic E-state index is 12.3. The normalized spacial score (nSPS) is 19.1. The molecule has 3 aromatic rings. The zero-order valence-electron chi connectivity index (χ0n) is 12.7. The Morgan fingerprint density at radius 3 is 2.92 bits per heavy atom. The molecule has 7 heteroatoms. The first kappa shape index (κ1) is 17.3. The highest BCUT2D eigenvalue weighted by Gasteiger charge is 2.30. The molecule has 0 spiro atoms. The van der Waals surface area contributed by atoms with Gasteiger partial charge < -0.3 is 16.0 Å². The van der Waals surface area contributed by atoms with E-state index in [0.717, 1.165) is 32.2 Å². The fraction of sp³-hybridized carbons (Fsp3) is 0.235. The van der Waals surface area contributed by atoms with E-state index in [1.807, 2.05) is 30.3 Å². The number of amides is 1. The molecule has 1 aliphatic carbocycles. The number of thiophene rings is 1. The van der Waals surface area contributed by atoms with Crippen molar-refractivity contribution in [3.63, 3.8) is 0 Å². The van der Waals surface area contributed by atoms with E-state index in [2.05, 4.69) is 16.4 Å². The Hall–Kier alpha value is -1.53. The molecule has 0 bridgehead atoms.